The Balaban J connectivity index is 3.11. The molecule has 0 bridgehead atoms. The van der Waals surface area contributed by atoms with E-state index in [1.165, 1.54) is 12.1 Å². The molecule has 1 aromatic rings. The molecule has 0 aliphatic carbocycles. The number of nitrogen functional groups attached to an aromatic ring is 1. The van der Waals surface area contributed by atoms with Crippen LogP contribution in [0.2, 0.25) is 0 Å². The second-order valence-electron chi connectivity index (χ2n) is 4.00. The lowest BCUT2D eigenvalue weighted by molar-refractivity contribution is -0.135. The molecule has 0 amide bonds. The lowest BCUT2D eigenvalue weighted by Crippen LogP contribution is -2.31. The number of alkyl halides is 3. The highest BCUT2D eigenvalue weighted by atomic mass is 79.9. The second-order valence-corrected chi connectivity index (χ2v) is 7.75. The summed E-state index contributed by atoms with van der Waals surface area (Å²) in [5.41, 5.74) is 5.59. The summed E-state index contributed by atoms with van der Waals surface area (Å²) in [6.45, 7) is -0.673. The Morgan fingerprint density at radius 2 is 1.85 bits per heavy atom. The third kappa shape index (κ3) is 4.34. The summed E-state index contributed by atoms with van der Waals surface area (Å²) in [7, 11) is -3.02. The molecule has 0 aromatic heterocycles. The van der Waals surface area contributed by atoms with Crippen LogP contribution in [0.25, 0.3) is 0 Å². The smallest absolute Gasteiger partial charge is 0.390 e. The summed E-state index contributed by atoms with van der Waals surface area (Å²) in [4.78, 5) is -0.245. The predicted molar refractivity (Wildman–Crippen MR) is 76.7 cm³/mol. The summed E-state index contributed by atoms with van der Waals surface area (Å²) < 4.78 is 62.3. The topological polar surface area (TPSA) is 63.4 Å². The van der Waals surface area contributed by atoms with E-state index in [1.54, 1.807) is 0 Å². The number of rotatable bonds is 4. The van der Waals surface area contributed by atoms with Crippen molar-refractivity contribution in [1.29, 1.82) is 0 Å². The minimum absolute atomic E-state index is 0.0508. The number of halogens is 5. The van der Waals surface area contributed by atoms with Crippen molar-refractivity contribution < 1.29 is 21.6 Å². The van der Waals surface area contributed by atoms with Gasteiger partial charge in [-0.15, -0.1) is 0 Å². The summed E-state index contributed by atoms with van der Waals surface area (Å²) >= 11 is 6.20. The fraction of sp³-hybridized carbons (Fsp3) is 0.400. The molecule has 0 spiro atoms. The van der Waals surface area contributed by atoms with Crippen molar-refractivity contribution in [3.05, 3.63) is 21.1 Å². The molecular formula is C10H11Br2F3N2O2S. The molecule has 0 radical (unpaired) electrons. The molecule has 1 aromatic carbocycles. The van der Waals surface area contributed by atoms with E-state index < -0.39 is 29.2 Å². The van der Waals surface area contributed by atoms with Gasteiger partial charge < -0.3 is 5.73 Å². The van der Waals surface area contributed by atoms with Crippen molar-refractivity contribution in [2.45, 2.75) is 17.5 Å². The lowest BCUT2D eigenvalue weighted by Gasteiger charge is -2.20. The maximum atomic E-state index is 12.2. The molecule has 1 rings (SSSR count). The van der Waals surface area contributed by atoms with Crippen molar-refractivity contribution in [2.24, 2.45) is 0 Å². The van der Waals surface area contributed by atoms with Crippen molar-refractivity contribution in [1.82, 2.24) is 4.31 Å². The Hall–Kier alpha value is -0.320. The van der Waals surface area contributed by atoms with E-state index in [0.29, 0.717) is 8.78 Å². The van der Waals surface area contributed by atoms with Gasteiger partial charge in [0.25, 0.3) is 0 Å². The number of nitrogens with two attached hydrogens (primary N) is 1. The summed E-state index contributed by atoms with van der Waals surface area (Å²) in [6, 6.07) is 2.83. The van der Waals surface area contributed by atoms with Crippen LogP contribution in [0.3, 0.4) is 0 Å². The number of hydrogen-bond acceptors (Lipinski definition) is 3. The molecule has 0 saturated heterocycles. The third-order valence-electron chi connectivity index (χ3n) is 2.42. The van der Waals surface area contributed by atoms with Gasteiger partial charge in [-0.25, -0.2) is 12.7 Å². The van der Waals surface area contributed by atoms with Crippen LogP contribution in [-0.4, -0.2) is 32.5 Å². The first-order chi connectivity index (χ1) is 8.95. The fourth-order valence-corrected chi connectivity index (χ4v) is 4.59. The molecule has 0 aliphatic heterocycles. The second kappa shape index (κ2) is 6.20. The van der Waals surface area contributed by atoms with Gasteiger partial charge in [0.2, 0.25) is 10.0 Å². The van der Waals surface area contributed by atoms with Crippen LogP contribution in [0.1, 0.15) is 6.42 Å². The molecule has 0 aliphatic rings. The van der Waals surface area contributed by atoms with Gasteiger partial charge in [0.1, 0.15) is 4.90 Å². The van der Waals surface area contributed by atoms with Crippen LogP contribution in [0.5, 0.6) is 0 Å². The van der Waals surface area contributed by atoms with Gasteiger partial charge >= 0.3 is 6.18 Å². The van der Waals surface area contributed by atoms with Crippen LogP contribution >= 0.6 is 31.9 Å². The maximum absolute atomic E-state index is 12.2. The van der Waals surface area contributed by atoms with Gasteiger partial charge in [-0.3, -0.25) is 0 Å². The minimum Gasteiger partial charge on any atom is -0.398 e. The van der Waals surface area contributed by atoms with Crippen LogP contribution in [0, 0.1) is 0 Å². The number of hydrogen-bond donors (Lipinski definition) is 1. The fourth-order valence-electron chi connectivity index (χ4n) is 1.41. The zero-order chi connectivity index (χ0) is 15.7. The van der Waals surface area contributed by atoms with Gasteiger partial charge in [0.05, 0.1) is 12.1 Å². The number of sulfonamides is 1. The minimum atomic E-state index is -4.42. The van der Waals surface area contributed by atoms with E-state index in [2.05, 4.69) is 31.9 Å². The van der Waals surface area contributed by atoms with Crippen LogP contribution < -0.4 is 5.73 Å². The first kappa shape index (κ1) is 17.7. The lowest BCUT2D eigenvalue weighted by atomic mass is 10.3. The number of nitrogens with zero attached hydrogens (tertiary/aromatic N) is 1. The van der Waals surface area contributed by atoms with Gasteiger partial charge in [-0.2, -0.15) is 13.2 Å². The molecular weight excluding hydrogens is 429 g/mol. The molecule has 0 heterocycles. The van der Waals surface area contributed by atoms with Crippen LogP contribution in [-0.2, 0) is 10.0 Å². The zero-order valence-corrected chi connectivity index (χ0v) is 14.2. The Bertz CT molecular complexity index is 582. The Kier molecular flexibility index (Phi) is 5.50. The van der Waals surface area contributed by atoms with Crippen LogP contribution in [0.15, 0.2) is 26.0 Å². The maximum Gasteiger partial charge on any atom is 0.390 e. The molecule has 114 valence electrons. The Morgan fingerprint density at radius 3 is 2.30 bits per heavy atom. The van der Waals surface area contributed by atoms with Crippen molar-refractivity contribution in [3.8, 4) is 0 Å². The molecule has 20 heavy (non-hydrogen) atoms. The van der Waals surface area contributed by atoms with Crippen LogP contribution in [0.4, 0.5) is 18.9 Å². The van der Waals surface area contributed by atoms with E-state index in [1.807, 2.05) is 0 Å². The molecule has 0 atom stereocenters. The monoisotopic (exact) mass is 438 g/mol. The van der Waals surface area contributed by atoms with E-state index in [0.717, 1.165) is 7.05 Å². The zero-order valence-electron chi connectivity index (χ0n) is 10.2. The van der Waals surface area contributed by atoms with E-state index >= 15 is 0 Å². The molecule has 0 unspecified atom stereocenters. The highest BCUT2D eigenvalue weighted by Crippen LogP contribution is 2.33. The standard InChI is InChI=1S/C10H11Br2F3N2O2S/c1-17(3-2-10(13,14)15)20(18,19)9-7(12)4-6(11)5-8(9)16/h4-5H,2-3,16H2,1H3. The van der Waals surface area contributed by atoms with Gasteiger partial charge in [-0.1, -0.05) is 15.9 Å². The molecule has 4 nitrogen and oxygen atoms in total. The van der Waals surface area contributed by atoms with Crippen molar-refractivity contribution in [3.63, 3.8) is 0 Å². The molecule has 0 fully saturated rings. The normalized spacial score (nSPS) is 12.9. The first-order valence-electron chi connectivity index (χ1n) is 5.23. The highest BCUT2D eigenvalue weighted by Gasteiger charge is 2.32. The predicted octanol–water partition coefficient (Wildman–Crippen LogP) is 3.37. The summed E-state index contributed by atoms with van der Waals surface area (Å²) in [5, 5.41) is 0. The van der Waals surface area contributed by atoms with Gasteiger partial charge in [-0.05, 0) is 28.1 Å². The van der Waals surface area contributed by atoms with E-state index in [-0.39, 0.29) is 15.1 Å². The van der Waals surface area contributed by atoms with Crippen molar-refractivity contribution in [2.75, 3.05) is 19.3 Å². The molecule has 0 saturated carbocycles. The average molecular weight is 440 g/mol. The molecule has 10 heteroatoms. The summed E-state index contributed by atoms with van der Waals surface area (Å²) in [6.07, 6.45) is -5.65. The average Bonchev–Trinajstić information content (AvgIpc) is 2.22. The molecule has 2 N–H and O–H groups in total. The van der Waals surface area contributed by atoms with E-state index in [9.17, 15) is 21.6 Å². The van der Waals surface area contributed by atoms with Gasteiger partial charge in [0.15, 0.2) is 0 Å². The Morgan fingerprint density at radius 1 is 1.30 bits per heavy atom. The number of benzene rings is 1. The number of anilines is 1. The summed E-state index contributed by atoms with van der Waals surface area (Å²) in [5.74, 6) is 0. The first-order valence-corrected chi connectivity index (χ1v) is 8.25. The Labute approximate surface area is 131 Å². The van der Waals surface area contributed by atoms with E-state index in [4.69, 9.17) is 5.73 Å². The van der Waals surface area contributed by atoms with Crippen molar-refractivity contribution >= 4 is 47.6 Å². The third-order valence-corrected chi connectivity index (χ3v) is 5.74. The highest BCUT2D eigenvalue weighted by molar-refractivity contribution is 9.11. The van der Waals surface area contributed by atoms with Gasteiger partial charge in [0, 0.05) is 22.5 Å². The quantitative estimate of drug-likeness (QED) is 0.731. The SMILES string of the molecule is CN(CCC(F)(F)F)S(=O)(=O)c1c(N)cc(Br)cc1Br. The largest absolute Gasteiger partial charge is 0.398 e.